The third-order valence-electron chi connectivity index (χ3n) is 7.07. The molecule has 0 bridgehead atoms. The largest absolute Gasteiger partial charge is 0.530 e. The van der Waals surface area contributed by atoms with Crippen LogP contribution in [0.15, 0.2) is 24.3 Å². The number of hydrogen-bond donors (Lipinski definition) is 0. The lowest BCUT2D eigenvalue weighted by atomic mass is 9.90. The molecule has 0 saturated heterocycles. The van der Waals surface area contributed by atoms with Gasteiger partial charge in [0, 0.05) is 6.42 Å². The van der Waals surface area contributed by atoms with Crippen LogP contribution < -0.4 is 4.52 Å². The normalized spacial score (nSPS) is 13.2. The number of phosphoric acid groups is 1. The Balaban J connectivity index is 1.92. The van der Waals surface area contributed by atoms with E-state index in [1.165, 1.54) is 42.2 Å². The zero-order valence-corrected chi connectivity index (χ0v) is 27.9. The molecule has 0 spiro atoms. The molecule has 41 heavy (non-hydrogen) atoms. The van der Waals surface area contributed by atoms with E-state index >= 15 is 0 Å². The van der Waals surface area contributed by atoms with Crippen molar-refractivity contribution >= 4 is 13.8 Å². The summed E-state index contributed by atoms with van der Waals surface area (Å²) in [5.74, 6) is 0.398. The second-order valence-corrected chi connectivity index (χ2v) is 13.8. The summed E-state index contributed by atoms with van der Waals surface area (Å²) < 4.78 is 36.2. The van der Waals surface area contributed by atoms with Crippen molar-refractivity contribution < 1.29 is 27.7 Å². The quantitative estimate of drug-likeness (QED) is 0.104. The van der Waals surface area contributed by atoms with Crippen LogP contribution in [0.1, 0.15) is 113 Å². The van der Waals surface area contributed by atoms with Gasteiger partial charge in [-0.3, -0.25) is 13.8 Å². The van der Waals surface area contributed by atoms with Gasteiger partial charge in [0.1, 0.15) is 5.75 Å². The van der Waals surface area contributed by atoms with E-state index in [-0.39, 0.29) is 5.97 Å². The molecule has 1 atom stereocenters. The number of aryl methyl sites for hydroxylation is 5. The second-order valence-electron chi connectivity index (χ2n) is 12.3. The topological polar surface area (TPSA) is 71.1 Å². The number of benzene rings is 2. The summed E-state index contributed by atoms with van der Waals surface area (Å²) in [6.07, 6.45) is 10.1. The fourth-order valence-electron chi connectivity index (χ4n) is 5.18. The van der Waals surface area contributed by atoms with E-state index < -0.39 is 13.4 Å². The number of unbranched alkanes of at least 4 members (excludes halogenated alkanes) is 8. The van der Waals surface area contributed by atoms with Crippen LogP contribution in [-0.2, 0) is 23.1 Å². The number of ether oxygens (including phenoxy) is 1. The van der Waals surface area contributed by atoms with Gasteiger partial charge in [-0.05, 0) is 114 Å². The van der Waals surface area contributed by atoms with Gasteiger partial charge in [0.15, 0.2) is 0 Å². The molecule has 0 aliphatic rings. The summed E-state index contributed by atoms with van der Waals surface area (Å²) in [6.45, 7) is 16.3. The summed E-state index contributed by atoms with van der Waals surface area (Å²) in [6, 6.07) is 8.46. The molecular weight excluding hydrogens is 535 g/mol. The lowest BCUT2D eigenvalue weighted by molar-refractivity contribution is -0.140. The molecule has 7 heteroatoms. The molecule has 0 aliphatic heterocycles. The fraction of sp³-hybridized carbons (Fsp3) is 0.618. The molecule has 2 aromatic carbocycles. The molecule has 0 saturated carbocycles. The number of rotatable bonds is 17. The molecule has 0 amide bonds. The van der Waals surface area contributed by atoms with Gasteiger partial charge in [-0.25, -0.2) is 4.57 Å². The SMILES string of the molecule is COC(=O)CCCCCCCCCCCOP(=O)(Oc1cc(C)c(-c2c(C)cc(C)cc2C)cc1C)OC(C)(C)C. The van der Waals surface area contributed by atoms with E-state index in [1.54, 1.807) is 0 Å². The number of esters is 1. The predicted molar refractivity (Wildman–Crippen MR) is 169 cm³/mol. The molecule has 6 nitrogen and oxygen atoms in total. The minimum absolute atomic E-state index is 0.124. The van der Waals surface area contributed by atoms with E-state index in [0.29, 0.717) is 18.8 Å². The van der Waals surface area contributed by atoms with E-state index in [2.05, 4.69) is 50.6 Å². The first-order valence-corrected chi connectivity index (χ1v) is 16.6. The molecule has 0 fully saturated rings. The van der Waals surface area contributed by atoms with Gasteiger partial charge in [0.25, 0.3) is 0 Å². The third-order valence-corrected chi connectivity index (χ3v) is 8.76. The van der Waals surface area contributed by atoms with Crippen molar-refractivity contribution in [1.82, 2.24) is 0 Å². The van der Waals surface area contributed by atoms with Gasteiger partial charge >= 0.3 is 13.8 Å². The van der Waals surface area contributed by atoms with E-state index in [4.69, 9.17) is 13.6 Å². The van der Waals surface area contributed by atoms with Gasteiger partial charge < -0.3 is 9.26 Å². The highest BCUT2D eigenvalue weighted by molar-refractivity contribution is 7.49. The highest BCUT2D eigenvalue weighted by Crippen LogP contribution is 2.53. The third kappa shape index (κ3) is 12.3. The first-order valence-electron chi connectivity index (χ1n) is 15.2. The van der Waals surface area contributed by atoms with E-state index in [0.717, 1.165) is 61.6 Å². The van der Waals surface area contributed by atoms with Crippen LogP contribution in [0.25, 0.3) is 11.1 Å². The van der Waals surface area contributed by atoms with Crippen molar-refractivity contribution in [3.8, 4) is 16.9 Å². The van der Waals surface area contributed by atoms with Crippen LogP contribution in [0.4, 0.5) is 0 Å². The predicted octanol–water partition coefficient (Wildman–Crippen LogP) is 10.3. The molecule has 0 N–H and O–H groups in total. The van der Waals surface area contributed by atoms with Crippen molar-refractivity contribution in [2.75, 3.05) is 13.7 Å². The van der Waals surface area contributed by atoms with Crippen LogP contribution in [0.2, 0.25) is 0 Å². The molecule has 0 radical (unpaired) electrons. The van der Waals surface area contributed by atoms with Crippen LogP contribution in [0.3, 0.4) is 0 Å². The first kappa shape index (κ1) is 35.1. The van der Waals surface area contributed by atoms with Crippen molar-refractivity contribution in [3.63, 3.8) is 0 Å². The molecule has 230 valence electrons. The monoisotopic (exact) mass is 588 g/mol. The Morgan fingerprint density at radius 2 is 1.27 bits per heavy atom. The molecular formula is C34H53O6P. The minimum atomic E-state index is -3.84. The van der Waals surface area contributed by atoms with Crippen LogP contribution in [-0.4, -0.2) is 25.3 Å². The Morgan fingerprint density at radius 1 is 0.732 bits per heavy atom. The lowest BCUT2D eigenvalue weighted by Gasteiger charge is -2.27. The van der Waals surface area contributed by atoms with Crippen molar-refractivity contribution in [2.24, 2.45) is 0 Å². The standard InChI is InChI=1S/C34H53O6P/c1-25-21-28(4)33(29(5)22-25)30-23-27(3)31(24-26(30)2)39-41(36,40-34(6,7)8)38-20-18-16-14-12-10-11-13-15-17-19-32(35)37-9/h21-24H,10-20H2,1-9H3. The maximum absolute atomic E-state index is 13.8. The van der Waals surface area contributed by atoms with E-state index in [9.17, 15) is 9.36 Å². The number of methoxy groups -OCH3 is 1. The smallest absolute Gasteiger partial charge is 0.469 e. The van der Waals surface area contributed by atoms with Crippen molar-refractivity contribution in [3.05, 3.63) is 52.1 Å². The summed E-state index contributed by atoms with van der Waals surface area (Å²) in [4.78, 5) is 11.1. The highest BCUT2D eigenvalue weighted by atomic mass is 31.2. The molecule has 2 rings (SSSR count). The second kappa shape index (κ2) is 16.5. The van der Waals surface area contributed by atoms with Gasteiger partial charge in [-0.15, -0.1) is 0 Å². The van der Waals surface area contributed by atoms with Gasteiger partial charge in [-0.1, -0.05) is 62.6 Å². The lowest BCUT2D eigenvalue weighted by Crippen LogP contribution is -2.20. The fourth-order valence-corrected chi connectivity index (χ4v) is 6.78. The van der Waals surface area contributed by atoms with E-state index in [1.807, 2.05) is 33.8 Å². The molecule has 0 aliphatic carbocycles. The zero-order chi connectivity index (χ0) is 30.6. The number of hydrogen-bond acceptors (Lipinski definition) is 6. The highest BCUT2D eigenvalue weighted by Gasteiger charge is 2.35. The maximum atomic E-state index is 13.8. The Hall–Kier alpha value is -2.14. The van der Waals surface area contributed by atoms with Crippen molar-refractivity contribution in [2.45, 2.75) is 125 Å². The van der Waals surface area contributed by atoms with Crippen LogP contribution in [0.5, 0.6) is 5.75 Å². The zero-order valence-electron chi connectivity index (χ0n) is 27.0. The van der Waals surface area contributed by atoms with Crippen molar-refractivity contribution in [1.29, 1.82) is 0 Å². The maximum Gasteiger partial charge on any atom is 0.530 e. The molecule has 0 heterocycles. The number of phosphoric ester groups is 1. The molecule has 1 unspecified atom stereocenters. The van der Waals surface area contributed by atoms with Crippen LogP contribution >= 0.6 is 7.82 Å². The Morgan fingerprint density at radius 3 is 1.80 bits per heavy atom. The average Bonchev–Trinajstić information content (AvgIpc) is 2.85. The summed E-state index contributed by atoms with van der Waals surface area (Å²) in [5, 5.41) is 0. The molecule has 2 aromatic rings. The minimum Gasteiger partial charge on any atom is -0.469 e. The number of carbonyl (C=O) groups is 1. The molecule has 0 aromatic heterocycles. The van der Waals surface area contributed by atoms with Crippen LogP contribution in [0, 0.1) is 34.6 Å². The van der Waals surface area contributed by atoms with Gasteiger partial charge in [0.05, 0.1) is 19.3 Å². The Labute approximate surface area is 249 Å². The van der Waals surface area contributed by atoms with Gasteiger partial charge in [-0.2, -0.15) is 0 Å². The first-order chi connectivity index (χ1) is 19.2. The Bertz CT molecular complexity index is 1160. The average molecular weight is 589 g/mol. The van der Waals surface area contributed by atoms with Gasteiger partial charge in [0.2, 0.25) is 0 Å². The number of carbonyl (C=O) groups excluding carboxylic acids is 1. The summed E-state index contributed by atoms with van der Waals surface area (Å²) >= 11 is 0. The summed E-state index contributed by atoms with van der Waals surface area (Å²) in [5.41, 5.74) is 7.34. The Kier molecular flexibility index (Phi) is 14.1. The summed E-state index contributed by atoms with van der Waals surface area (Å²) in [7, 11) is -2.41.